The minimum Gasteiger partial charge on any atom is -0.492 e. The van der Waals surface area contributed by atoms with Gasteiger partial charge in [0.05, 0.1) is 12.3 Å². The Morgan fingerprint density at radius 3 is 2.83 bits per heavy atom. The lowest BCUT2D eigenvalue weighted by Gasteiger charge is -2.11. The molecule has 1 aliphatic heterocycles. The average molecular weight is 241 g/mol. The van der Waals surface area contributed by atoms with Crippen molar-refractivity contribution in [1.29, 1.82) is 0 Å². The summed E-state index contributed by atoms with van der Waals surface area (Å²) >= 11 is 0. The van der Waals surface area contributed by atoms with Crippen LogP contribution < -0.4 is 10.5 Å². The molecule has 1 aromatic heterocycles. The third-order valence-corrected chi connectivity index (χ3v) is 3.53. The second-order valence-corrected chi connectivity index (χ2v) is 4.58. The molecule has 1 aromatic carbocycles. The molecule has 4 heteroatoms. The SMILES string of the molecule is Cc1c(N)nnc(-c2cccc3c2OCC3)c1C. The van der Waals surface area contributed by atoms with Crippen molar-refractivity contribution < 1.29 is 4.74 Å². The van der Waals surface area contributed by atoms with E-state index in [1.165, 1.54) is 5.56 Å². The molecular formula is C14H15N3O. The molecule has 18 heavy (non-hydrogen) atoms. The summed E-state index contributed by atoms with van der Waals surface area (Å²) in [4.78, 5) is 0. The summed E-state index contributed by atoms with van der Waals surface area (Å²) in [6.45, 7) is 4.73. The first kappa shape index (κ1) is 11.0. The average Bonchev–Trinajstić information content (AvgIpc) is 2.84. The zero-order valence-electron chi connectivity index (χ0n) is 10.5. The van der Waals surface area contributed by atoms with Gasteiger partial charge in [-0.3, -0.25) is 0 Å². The van der Waals surface area contributed by atoms with Gasteiger partial charge in [-0.15, -0.1) is 10.2 Å². The summed E-state index contributed by atoms with van der Waals surface area (Å²) in [7, 11) is 0. The number of hydrogen-bond acceptors (Lipinski definition) is 4. The van der Waals surface area contributed by atoms with Crippen molar-refractivity contribution in [1.82, 2.24) is 10.2 Å². The number of rotatable bonds is 1. The third kappa shape index (κ3) is 1.53. The maximum atomic E-state index is 5.78. The van der Waals surface area contributed by atoms with Gasteiger partial charge in [-0.25, -0.2) is 0 Å². The van der Waals surface area contributed by atoms with Crippen molar-refractivity contribution in [3.8, 4) is 17.0 Å². The topological polar surface area (TPSA) is 61.0 Å². The number of para-hydroxylation sites is 1. The van der Waals surface area contributed by atoms with Gasteiger partial charge in [0.25, 0.3) is 0 Å². The number of nitrogens with zero attached hydrogens (tertiary/aromatic N) is 2. The molecule has 0 atom stereocenters. The number of aromatic nitrogens is 2. The fraction of sp³-hybridized carbons (Fsp3) is 0.286. The molecule has 0 saturated heterocycles. The van der Waals surface area contributed by atoms with Gasteiger partial charge in [0.15, 0.2) is 0 Å². The van der Waals surface area contributed by atoms with Crippen molar-refractivity contribution in [2.45, 2.75) is 20.3 Å². The van der Waals surface area contributed by atoms with Crippen LogP contribution in [0.5, 0.6) is 5.75 Å². The largest absolute Gasteiger partial charge is 0.492 e. The lowest BCUT2D eigenvalue weighted by atomic mass is 10.0. The smallest absolute Gasteiger partial charge is 0.149 e. The molecule has 2 heterocycles. The van der Waals surface area contributed by atoms with Gasteiger partial charge in [0.2, 0.25) is 0 Å². The lowest BCUT2D eigenvalue weighted by molar-refractivity contribution is 0.358. The molecule has 0 aliphatic carbocycles. The Balaban J connectivity index is 2.23. The Morgan fingerprint density at radius 1 is 1.17 bits per heavy atom. The highest BCUT2D eigenvalue weighted by Gasteiger charge is 2.20. The molecule has 0 fully saturated rings. The molecule has 3 rings (SSSR count). The number of fused-ring (bicyclic) bond motifs is 1. The predicted octanol–water partition coefficient (Wildman–Crippen LogP) is 2.28. The fourth-order valence-electron chi connectivity index (χ4n) is 2.28. The highest BCUT2D eigenvalue weighted by molar-refractivity contribution is 5.73. The second-order valence-electron chi connectivity index (χ2n) is 4.58. The normalized spacial score (nSPS) is 13.2. The Kier molecular flexibility index (Phi) is 2.44. The molecule has 2 N–H and O–H groups in total. The van der Waals surface area contributed by atoms with E-state index in [0.717, 1.165) is 41.2 Å². The molecule has 92 valence electrons. The molecule has 0 unspecified atom stereocenters. The van der Waals surface area contributed by atoms with E-state index >= 15 is 0 Å². The zero-order chi connectivity index (χ0) is 12.7. The van der Waals surface area contributed by atoms with E-state index in [4.69, 9.17) is 10.5 Å². The molecular weight excluding hydrogens is 226 g/mol. The first-order valence-corrected chi connectivity index (χ1v) is 6.03. The van der Waals surface area contributed by atoms with Crippen molar-refractivity contribution in [3.05, 3.63) is 34.9 Å². The van der Waals surface area contributed by atoms with Gasteiger partial charge in [0, 0.05) is 12.0 Å². The van der Waals surface area contributed by atoms with Crippen LogP contribution in [0.2, 0.25) is 0 Å². The van der Waals surface area contributed by atoms with E-state index in [1.807, 2.05) is 26.0 Å². The van der Waals surface area contributed by atoms with Gasteiger partial charge >= 0.3 is 0 Å². The maximum absolute atomic E-state index is 5.78. The molecule has 2 aromatic rings. The van der Waals surface area contributed by atoms with Gasteiger partial charge in [-0.1, -0.05) is 12.1 Å². The third-order valence-electron chi connectivity index (χ3n) is 3.53. The number of nitrogens with two attached hydrogens (primary N) is 1. The molecule has 0 radical (unpaired) electrons. The van der Waals surface area contributed by atoms with Crippen LogP contribution in [-0.4, -0.2) is 16.8 Å². The molecule has 0 amide bonds. The number of ether oxygens (including phenoxy) is 1. The van der Waals surface area contributed by atoms with E-state index in [2.05, 4.69) is 16.3 Å². The molecule has 0 bridgehead atoms. The van der Waals surface area contributed by atoms with Gasteiger partial charge in [0.1, 0.15) is 11.6 Å². The van der Waals surface area contributed by atoms with Crippen LogP contribution in [0.3, 0.4) is 0 Å². The van der Waals surface area contributed by atoms with E-state index in [-0.39, 0.29) is 0 Å². The molecule has 1 aliphatic rings. The monoisotopic (exact) mass is 241 g/mol. The molecule has 0 saturated carbocycles. The number of anilines is 1. The van der Waals surface area contributed by atoms with Gasteiger partial charge < -0.3 is 10.5 Å². The van der Waals surface area contributed by atoms with Crippen LogP contribution in [0.25, 0.3) is 11.3 Å². The summed E-state index contributed by atoms with van der Waals surface area (Å²) in [6, 6.07) is 6.16. The summed E-state index contributed by atoms with van der Waals surface area (Å²) in [5.74, 6) is 1.43. The summed E-state index contributed by atoms with van der Waals surface area (Å²) in [5.41, 5.74) is 10.9. The first-order valence-electron chi connectivity index (χ1n) is 6.03. The van der Waals surface area contributed by atoms with Gasteiger partial charge in [-0.2, -0.15) is 0 Å². The Hall–Kier alpha value is -2.10. The first-order chi connectivity index (χ1) is 8.68. The number of hydrogen-bond donors (Lipinski definition) is 1. The quantitative estimate of drug-likeness (QED) is 0.832. The summed E-state index contributed by atoms with van der Waals surface area (Å²) in [5, 5.41) is 8.24. The molecule has 4 nitrogen and oxygen atoms in total. The van der Waals surface area contributed by atoms with Crippen LogP contribution in [0.4, 0.5) is 5.82 Å². The van der Waals surface area contributed by atoms with Crippen LogP contribution >= 0.6 is 0 Å². The fourth-order valence-corrected chi connectivity index (χ4v) is 2.28. The van der Waals surface area contributed by atoms with E-state index in [9.17, 15) is 0 Å². The van der Waals surface area contributed by atoms with Crippen LogP contribution in [-0.2, 0) is 6.42 Å². The maximum Gasteiger partial charge on any atom is 0.149 e. The van der Waals surface area contributed by atoms with E-state index in [0.29, 0.717) is 5.82 Å². The summed E-state index contributed by atoms with van der Waals surface area (Å²) in [6.07, 6.45) is 0.962. The lowest BCUT2D eigenvalue weighted by Crippen LogP contribution is -2.02. The number of nitrogen functional groups attached to an aromatic ring is 1. The Morgan fingerprint density at radius 2 is 2.00 bits per heavy atom. The standard InChI is InChI=1S/C14H15N3O/c1-8-9(2)14(15)17-16-12(8)11-5-3-4-10-6-7-18-13(10)11/h3-5H,6-7H2,1-2H3,(H2,15,17). The minimum atomic E-state index is 0.491. The van der Waals surface area contributed by atoms with Crippen molar-refractivity contribution in [3.63, 3.8) is 0 Å². The highest BCUT2D eigenvalue weighted by Crippen LogP contribution is 2.37. The number of benzene rings is 1. The highest BCUT2D eigenvalue weighted by atomic mass is 16.5. The Bertz CT molecular complexity index is 623. The van der Waals surface area contributed by atoms with Crippen molar-refractivity contribution in [2.75, 3.05) is 12.3 Å². The Labute approximate surface area is 106 Å². The summed E-state index contributed by atoms with van der Waals surface area (Å²) < 4.78 is 5.71. The van der Waals surface area contributed by atoms with E-state index < -0.39 is 0 Å². The van der Waals surface area contributed by atoms with E-state index in [1.54, 1.807) is 0 Å². The van der Waals surface area contributed by atoms with Crippen LogP contribution in [0, 0.1) is 13.8 Å². The minimum absolute atomic E-state index is 0.491. The predicted molar refractivity (Wildman–Crippen MR) is 70.6 cm³/mol. The van der Waals surface area contributed by atoms with Gasteiger partial charge in [-0.05, 0) is 36.6 Å². The molecule has 0 spiro atoms. The second kappa shape index (κ2) is 3.98. The zero-order valence-corrected chi connectivity index (χ0v) is 10.5. The van der Waals surface area contributed by atoms with Crippen molar-refractivity contribution >= 4 is 5.82 Å². The van der Waals surface area contributed by atoms with Crippen LogP contribution in [0.1, 0.15) is 16.7 Å². The van der Waals surface area contributed by atoms with Crippen LogP contribution in [0.15, 0.2) is 18.2 Å². The van der Waals surface area contributed by atoms with Crippen molar-refractivity contribution in [2.24, 2.45) is 0 Å².